The first-order valence-electron chi connectivity index (χ1n) is 9.71. The summed E-state index contributed by atoms with van der Waals surface area (Å²) < 4.78 is 15.1. The first-order valence-corrected chi connectivity index (χ1v) is 9.71. The zero-order chi connectivity index (χ0) is 18.8. The van der Waals surface area contributed by atoms with E-state index in [4.69, 9.17) is 9.47 Å². The van der Waals surface area contributed by atoms with Gasteiger partial charge >= 0.3 is 0 Å². The Morgan fingerprint density at radius 3 is 2.15 bits per heavy atom. The second-order valence-corrected chi connectivity index (χ2v) is 7.98. The highest BCUT2D eigenvalue weighted by atomic mass is 16.7. The first-order chi connectivity index (χ1) is 12.4. The molecule has 142 valence electrons. The Bertz CT molecular complexity index is 700. The normalized spacial score (nSPS) is 18.8. The van der Waals surface area contributed by atoms with E-state index in [1.165, 1.54) is 22.3 Å². The maximum absolute atomic E-state index is 6.51. The highest BCUT2D eigenvalue weighted by Gasteiger charge is 2.44. The zero-order valence-electron chi connectivity index (χ0n) is 16.8. The average Bonchev–Trinajstić information content (AvgIpc) is 3.12. The van der Waals surface area contributed by atoms with Gasteiger partial charge < -0.3 is 14.0 Å². The SMILES string of the molecule is CCC1(CC)COC(Cc2c(C)cc(C)cc2C)(Cn2ccnc2)OC1. The highest BCUT2D eigenvalue weighted by Crippen LogP contribution is 2.38. The molecular formula is C22H32N2O2. The van der Waals surface area contributed by atoms with Crippen molar-refractivity contribution in [2.45, 2.75) is 66.2 Å². The van der Waals surface area contributed by atoms with Crippen LogP contribution in [0, 0.1) is 26.2 Å². The molecule has 2 heterocycles. The third-order valence-corrected chi connectivity index (χ3v) is 6.05. The molecule has 0 N–H and O–H groups in total. The van der Waals surface area contributed by atoms with E-state index < -0.39 is 5.79 Å². The van der Waals surface area contributed by atoms with E-state index in [2.05, 4.69) is 56.3 Å². The predicted molar refractivity (Wildman–Crippen MR) is 104 cm³/mol. The topological polar surface area (TPSA) is 36.3 Å². The van der Waals surface area contributed by atoms with Gasteiger partial charge in [0.15, 0.2) is 5.79 Å². The van der Waals surface area contributed by atoms with Gasteiger partial charge in [-0.25, -0.2) is 4.98 Å². The molecule has 0 atom stereocenters. The number of aromatic nitrogens is 2. The van der Waals surface area contributed by atoms with Crippen molar-refractivity contribution in [1.82, 2.24) is 9.55 Å². The Balaban J connectivity index is 1.90. The van der Waals surface area contributed by atoms with E-state index in [-0.39, 0.29) is 5.41 Å². The van der Waals surface area contributed by atoms with Gasteiger partial charge in [0.2, 0.25) is 0 Å². The lowest BCUT2D eigenvalue weighted by atomic mass is 9.82. The minimum atomic E-state index is -0.640. The Hall–Kier alpha value is -1.65. The third kappa shape index (κ3) is 3.86. The number of hydrogen-bond donors (Lipinski definition) is 0. The number of ether oxygens (including phenoxy) is 2. The number of nitrogens with zero attached hydrogens (tertiary/aromatic N) is 2. The number of rotatable bonds is 6. The molecule has 1 aliphatic rings. The molecule has 0 amide bonds. The van der Waals surface area contributed by atoms with E-state index in [9.17, 15) is 0 Å². The second-order valence-electron chi connectivity index (χ2n) is 7.98. The Kier molecular flexibility index (Phi) is 5.54. The van der Waals surface area contributed by atoms with Gasteiger partial charge in [-0.2, -0.15) is 0 Å². The summed E-state index contributed by atoms with van der Waals surface area (Å²) in [5, 5.41) is 0. The minimum Gasteiger partial charge on any atom is -0.347 e. The number of hydrogen-bond acceptors (Lipinski definition) is 3. The Morgan fingerprint density at radius 1 is 1.04 bits per heavy atom. The molecule has 1 saturated heterocycles. The molecule has 1 aromatic heterocycles. The summed E-state index contributed by atoms with van der Waals surface area (Å²) in [6.07, 6.45) is 8.53. The summed E-state index contributed by atoms with van der Waals surface area (Å²) in [6.45, 7) is 13.1. The lowest BCUT2D eigenvalue weighted by Gasteiger charge is -2.46. The molecule has 26 heavy (non-hydrogen) atoms. The first kappa shape index (κ1) is 19.1. The van der Waals surface area contributed by atoms with Crippen LogP contribution >= 0.6 is 0 Å². The van der Waals surface area contributed by atoms with Crippen LogP contribution in [0.3, 0.4) is 0 Å². The molecule has 4 nitrogen and oxygen atoms in total. The van der Waals surface area contributed by atoms with E-state index >= 15 is 0 Å². The largest absolute Gasteiger partial charge is 0.347 e. The van der Waals surface area contributed by atoms with E-state index in [0.29, 0.717) is 6.54 Å². The number of benzene rings is 1. The summed E-state index contributed by atoms with van der Waals surface area (Å²) in [4.78, 5) is 4.19. The minimum absolute atomic E-state index is 0.135. The molecule has 0 radical (unpaired) electrons. The molecule has 1 aromatic carbocycles. The lowest BCUT2D eigenvalue weighted by molar-refractivity contribution is -0.310. The molecule has 0 saturated carbocycles. The Morgan fingerprint density at radius 2 is 1.65 bits per heavy atom. The fourth-order valence-corrected chi connectivity index (χ4v) is 3.98. The standard InChI is InChI=1S/C22H32N2O2/c1-6-21(7-2)14-25-22(26-15-21,13-24-9-8-23-16-24)12-20-18(4)10-17(3)11-19(20)5/h8-11,16H,6-7,12-15H2,1-5H3. The lowest BCUT2D eigenvalue weighted by Crippen LogP contribution is -2.53. The average molecular weight is 357 g/mol. The van der Waals surface area contributed by atoms with E-state index in [0.717, 1.165) is 32.5 Å². The third-order valence-electron chi connectivity index (χ3n) is 6.05. The summed E-state index contributed by atoms with van der Waals surface area (Å²) in [5.74, 6) is -0.640. The predicted octanol–water partition coefficient (Wildman–Crippen LogP) is 4.60. The zero-order valence-corrected chi connectivity index (χ0v) is 16.8. The molecule has 4 heteroatoms. The van der Waals surface area contributed by atoms with Crippen molar-refractivity contribution in [1.29, 1.82) is 0 Å². The molecule has 0 bridgehead atoms. The van der Waals surface area contributed by atoms with Gasteiger partial charge in [0.1, 0.15) is 0 Å². The van der Waals surface area contributed by atoms with Crippen LogP contribution in [0.25, 0.3) is 0 Å². The molecule has 0 aliphatic carbocycles. The molecule has 1 fully saturated rings. The maximum atomic E-state index is 6.51. The summed E-state index contributed by atoms with van der Waals surface area (Å²) >= 11 is 0. The number of aryl methyl sites for hydroxylation is 3. The van der Waals surface area contributed by atoms with Crippen LogP contribution in [0.15, 0.2) is 30.9 Å². The molecule has 0 unspecified atom stereocenters. The Labute approximate surface area is 157 Å². The van der Waals surface area contributed by atoms with Gasteiger partial charge in [-0.15, -0.1) is 0 Å². The highest BCUT2D eigenvalue weighted by molar-refractivity contribution is 5.38. The van der Waals surface area contributed by atoms with Crippen LogP contribution in [0.1, 0.15) is 48.9 Å². The van der Waals surface area contributed by atoms with Crippen LogP contribution < -0.4 is 0 Å². The second kappa shape index (κ2) is 7.53. The van der Waals surface area contributed by atoms with Gasteiger partial charge in [0.05, 0.1) is 26.1 Å². The van der Waals surface area contributed by atoms with Crippen molar-refractivity contribution < 1.29 is 9.47 Å². The quantitative estimate of drug-likeness (QED) is 0.759. The van der Waals surface area contributed by atoms with Crippen LogP contribution in [-0.2, 0) is 22.4 Å². The summed E-state index contributed by atoms with van der Waals surface area (Å²) in [7, 11) is 0. The van der Waals surface area contributed by atoms with Gasteiger partial charge in [0.25, 0.3) is 0 Å². The molecule has 3 rings (SSSR count). The van der Waals surface area contributed by atoms with Crippen molar-refractivity contribution in [2.75, 3.05) is 13.2 Å². The van der Waals surface area contributed by atoms with E-state index in [1.54, 1.807) is 6.20 Å². The van der Waals surface area contributed by atoms with Crippen molar-refractivity contribution in [2.24, 2.45) is 5.41 Å². The van der Waals surface area contributed by atoms with Gasteiger partial charge in [0, 0.05) is 24.2 Å². The molecular weight excluding hydrogens is 324 g/mol. The van der Waals surface area contributed by atoms with Crippen molar-refractivity contribution in [3.05, 3.63) is 53.1 Å². The fourth-order valence-electron chi connectivity index (χ4n) is 3.98. The van der Waals surface area contributed by atoms with Gasteiger partial charge in [-0.3, -0.25) is 0 Å². The van der Waals surface area contributed by atoms with Crippen molar-refractivity contribution >= 4 is 0 Å². The van der Waals surface area contributed by atoms with E-state index in [1.807, 2.05) is 12.5 Å². The fraction of sp³-hybridized carbons (Fsp3) is 0.591. The van der Waals surface area contributed by atoms with Crippen LogP contribution in [0.5, 0.6) is 0 Å². The molecule has 0 spiro atoms. The van der Waals surface area contributed by atoms with Gasteiger partial charge in [-0.1, -0.05) is 31.5 Å². The summed E-state index contributed by atoms with van der Waals surface area (Å²) in [6, 6.07) is 4.50. The molecule has 2 aromatic rings. The monoisotopic (exact) mass is 356 g/mol. The van der Waals surface area contributed by atoms with Crippen LogP contribution in [-0.4, -0.2) is 28.6 Å². The summed E-state index contributed by atoms with van der Waals surface area (Å²) in [5.41, 5.74) is 5.38. The van der Waals surface area contributed by atoms with Crippen molar-refractivity contribution in [3.8, 4) is 0 Å². The maximum Gasteiger partial charge on any atom is 0.190 e. The molecule has 1 aliphatic heterocycles. The smallest absolute Gasteiger partial charge is 0.190 e. The number of imidazole rings is 1. The van der Waals surface area contributed by atoms with Crippen LogP contribution in [0.4, 0.5) is 0 Å². The van der Waals surface area contributed by atoms with Crippen molar-refractivity contribution in [3.63, 3.8) is 0 Å². The van der Waals surface area contributed by atoms with Crippen LogP contribution in [0.2, 0.25) is 0 Å². The van der Waals surface area contributed by atoms with Gasteiger partial charge in [-0.05, 0) is 50.3 Å².